The molecule has 0 radical (unpaired) electrons. The molecule has 0 N–H and O–H groups in total. The van der Waals surface area contributed by atoms with Gasteiger partial charge < -0.3 is 14.0 Å². The van der Waals surface area contributed by atoms with E-state index in [1.165, 1.54) is 5.52 Å². The SMILES string of the molecule is CCCc1nc2cnc3cc(OCc4ccc(OC)cc4)ccc3c2n1CC(C)C. The van der Waals surface area contributed by atoms with Crippen LogP contribution in [0.3, 0.4) is 0 Å². The van der Waals surface area contributed by atoms with E-state index in [2.05, 4.69) is 36.4 Å². The summed E-state index contributed by atoms with van der Waals surface area (Å²) in [6.07, 6.45) is 3.95. The molecule has 0 saturated heterocycles. The Kier molecular flexibility index (Phi) is 5.88. The monoisotopic (exact) mass is 403 g/mol. The molecule has 2 heterocycles. The number of aromatic nitrogens is 3. The van der Waals surface area contributed by atoms with Crippen molar-refractivity contribution < 1.29 is 9.47 Å². The molecule has 0 aliphatic rings. The van der Waals surface area contributed by atoms with Crippen LogP contribution in [0.4, 0.5) is 0 Å². The molecule has 30 heavy (non-hydrogen) atoms. The normalized spacial score (nSPS) is 11.5. The van der Waals surface area contributed by atoms with E-state index < -0.39 is 0 Å². The van der Waals surface area contributed by atoms with Crippen LogP contribution in [0.1, 0.15) is 38.6 Å². The van der Waals surface area contributed by atoms with Crippen molar-refractivity contribution in [3.63, 3.8) is 0 Å². The summed E-state index contributed by atoms with van der Waals surface area (Å²) in [5, 5.41) is 1.12. The average Bonchev–Trinajstić information content (AvgIpc) is 3.09. The predicted octanol–water partition coefficient (Wildman–Crippen LogP) is 5.78. The van der Waals surface area contributed by atoms with Crippen molar-refractivity contribution in [1.82, 2.24) is 14.5 Å². The van der Waals surface area contributed by atoms with E-state index in [1.807, 2.05) is 42.6 Å². The van der Waals surface area contributed by atoms with Crippen molar-refractivity contribution in [3.8, 4) is 11.5 Å². The number of hydrogen-bond acceptors (Lipinski definition) is 4. The van der Waals surface area contributed by atoms with Gasteiger partial charge >= 0.3 is 0 Å². The lowest BCUT2D eigenvalue weighted by atomic mass is 10.1. The molecule has 156 valence electrons. The van der Waals surface area contributed by atoms with Crippen LogP contribution in [0.15, 0.2) is 48.7 Å². The minimum Gasteiger partial charge on any atom is -0.497 e. The number of ether oxygens (including phenoxy) is 2. The van der Waals surface area contributed by atoms with Crippen LogP contribution in [-0.4, -0.2) is 21.6 Å². The second-order valence-corrected chi connectivity index (χ2v) is 8.09. The molecule has 2 aromatic carbocycles. The first-order valence-corrected chi connectivity index (χ1v) is 10.6. The first-order chi connectivity index (χ1) is 14.6. The van der Waals surface area contributed by atoms with Gasteiger partial charge in [-0.1, -0.05) is 32.9 Å². The number of rotatable bonds is 8. The Labute approximate surface area is 177 Å². The highest BCUT2D eigenvalue weighted by Gasteiger charge is 2.15. The van der Waals surface area contributed by atoms with E-state index in [9.17, 15) is 0 Å². The number of hydrogen-bond donors (Lipinski definition) is 0. The van der Waals surface area contributed by atoms with E-state index in [-0.39, 0.29) is 0 Å². The third kappa shape index (κ3) is 4.11. The number of aryl methyl sites for hydroxylation is 1. The number of nitrogens with zero attached hydrogens (tertiary/aromatic N) is 3. The number of pyridine rings is 1. The van der Waals surface area contributed by atoms with Crippen LogP contribution in [-0.2, 0) is 19.6 Å². The Bertz CT molecular complexity index is 1150. The standard InChI is InChI=1S/C25H29N3O2/c1-5-6-24-27-23-14-26-22-13-20(30-16-18-7-9-19(29-4)10-8-18)11-12-21(22)25(23)28(24)15-17(2)3/h7-14,17H,5-6,15-16H2,1-4H3. The third-order valence-electron chi connectivity index (χ3n) is 5.21. The maximum Gasteiger partial charge on any atom is 0.122 e. The summed E-state index contributed by atoms with van der Waals surface area (Å²) in [6.45, 7) is 8.15. The first kappa shape index (κ1) is 20.2. The molecule has 5 heteroatoms. The molecular formula is C25H29N3O2. The van der Waals surface area contributed by atoms with Crippen molar-refractivity contribution in [2.24, 2.45) is 5.92 Å². The number of benzene rings is 2. The van der Waals surface area contributed by atoms with Gasteiger partial charge in [0.05, 0.1) is 24.3 Å². The summed E-state index contributed by atoms with van der Waals surface area (Å²) in [5.41, 5.74) is 4.18. The maximum absolute atomic E-state index is 6.02. The minimum atomic E-state index is 0.504. The molecule has 5 nitrogen and oxygen atoms in total. The lowest BCUT2D eigenvalue weighted by molar-refractivity contribution is 0.306. The van der Waals surface area contributed by atoms with Crippen LogP contribution >= 0.6 is 0 Å². The Hall–Kier alpha value is -3.08. The highest BCUT2D eigenvalue weighted by molar-refractivity contribution is 6.02. The molecule has 4 rings (SSSR count). The van der Waals surface area contributed by atoms with Crippen molar-refractivity contribution >= 4 is 21.9 Å². The second kappa shape index (κ2) is 8.74. The molecule has 4 aromatic rings. The largest absolute Gasteiger partial charge is 0.497 e. The van der Waals surface area contributed by atoms with Gasteiger partial charge in [-0.05, 0) is 42.2 Å². The molecule has 0 bridgehead atoms. The molecule has 0 amide bonds. The highest BCUT2D eigenvalue weighted by atomic mass is 16.5. The van der Waals surface area contributed by atoms with E-state index >= 15 is 0 Å². The quantitative estimate of drug-likeness (QED) is 0.374. The smallest absolute Gasteiger partial charge is 0.122 e. The van der Waals surface area contributed by atoms with E-state index in [4.69, 9.17) is 14.5 Å². The molecule has 0 fully saturated rings. The fourth-order valence-electron chi connectivity index (χ4n) is 3.80. The van der Waals surface area contributed by atoms with Gasteiger partial charge in [0.1, 0.15) is 29.4 Å². The lowest BCUT2D eigenvalue weighted by Crippen LogP contribution is -2.08. The van der Waals surface area contributed by atoms with Crippen LogP contribution in [0.2, 0.25) is 0 Å². The molecule has 0 aliphatic heterocycles. The van der Waals surface area contributed by atoms with Crippen molar-refractivity contribution in [1.29, 1.82) is 0 Å². The fraction of sp³-hybridized carbons (Fsp3) is 0.360. The average molecular weight is 404 g/mol. The number of methoxy groups -OCH3 is 1. The minimum absolute atomic E-state index is 0.504. The Balaban J connectivity index is 1.66. The zero-order valence-corrected chi connectivity index (χ0v) is 18.2. The van der Waals surface area contributed by atoms with Gasteiger partial charge in [-0.25, -0.2) is 4.98 Å². The molecule has 0 unspecified atom stereocenters. The fourth-order valence-corrected chi connectivity index (χ4v) is 3.80. The zero-order chi connectivity index (χ0) is 21.1. The summed E-state index contributed by atoms with van der Waals surface area (Å²) in [6, 6.07) is 14.1. The van der Waals surface area contributed by atoms with Crippen LogP contribution < -0.4 is 9.47 Å². The molecule has 0 aliphatic carbocycles. The summed E-state index contributed by atoms with van der Waals surface area (Å²) in [4.78, 5) is 9.55. The molecule has 0 spiro atoms. The van der Waals surface area contributed by atoms with E-state index in [0.717, 1.165) is 58.7 Å². The van der Waals surface area contributed by atoms with Gasteiger partial charge in [-0.3, -0.25) is 4.98 Å². The van der Waals surface area contributed by atoms with Crippen LogP contribution in [0.25, 0.3) is 21.9 Å². The van der Waals surface area contributed by atoms with Gasteiger partial charge in [0.25, 0.3) is 0 Å². The Morgan fingerprint density at radius 1 is 1.00 bits per heavy atom. The number of imidazole rings is 1. The summed E-state index contributed by atoms with van der Waals surface area (Å²) in [7, 11) is 1.67. The second-order valence-electron chi connectivity index (χ2n) is 8.09. The van der Waals surface area contributed by atoms with Crippen molar-refractivity contribution in [2.75, 3.05) is 7.11 Å². The predicted molar refractivity (Wildman–Crippen MR) is 121 cm³/mol. The van der Waals surface area contributed by atoms with Crippen LogP contribution in [0.5, 0.6) is 11.5 Å². The Morgan fingerprint density at radius 3 is 2.47 bits per heavy atom. The molecule has 0 atom stereocenters. The lowest BCUT2D eigenvalue weighted by Gasteiger charge is -2.13. The molecule has 2 aromatic heterocycles. The third-order valence-corrected chi connectivity index (χ3v) is 5.21. The van der Waals surface area contributed by atoms with Gasteiger partial charge in [0.15, 0.2) is 0 Å². The van der Waals surface area contributed by atoms with Crippen molar-refractivity contribution in [2.45, 2.75) is 46.8 Å². The first-order valence-electron chi connectivity index (χ1n) is 10.6. The topological polar surface area (TPSA) is 49.2 Å². The van der Waals surface area contributed by atoms with Gasteiger partial charge in [0, 0.05) is 24.4 Å². The van der Waals surface area contributed by atoms with E-state index in [1.54, 1.807) is 7.11 Å². The summed E-state index contributed by atoms with van der Waals surface area (Å²) < 4.78 is 13.6. The zero-order valence-electron chi connectivity index (χ0n) is 18.2. The van der Waals surface area contributed by atoms with Crippen LogP contribution in [0, 0.1) is 5.92 Å². The Morgan fingerprint density at radius 2 is 1.77 bits per heavy atom. The van der Waals surface area contributed by atoms with Gasteiger partial charge in [-0.15, -0.1) is 0 Å². The summed E-state index contributed by atoms with van der Waals surface area (Å²) >= 11 is 0. The van der Waals surface area contributed by atoms with Gasteiger partial charge in [-0.2, -0.15) is 0 Å². The highest BCUT2D eigenvalue weighted by Crippen LogP contribution is 2.29. The molecular weight excluding hydrogens is 374 g/mol. The molecule has 0 saturated carbocycles. The van der Waals surface area contributed by atoms with Gasteiger partial charge in [0.2, 0.25) is 0 Å². The van der Waals surface area contributed by atoms with Crippen molar-refractivity contribution in [3.05, 3.63) is 60.0 Å². The van der Waals surface area contributed by atoms with E-state index in [0.29, 0.717) is 12.5 Å². The summed E-state index contributed by atoms with van der Waals surface area (Å²) in [5.74, 6) is 3.36. The maximum atomic E-state index is 6.02. The number of fused-ring (bicyclic) bond motifs is 3.